The summed E-state index contributed by atoms with van der Waals surface area (Å²) in [5.41, 5.74) is -0.719. The minimum absolute atomic E-state index is 0.0519. The number of aliphatic imine (C=N–C) groups is 1. The molecule has 0 bridgehead atoms. The van der Waals surface area contributed by atoms with E-state index >= 15 is 0 Å². The van der Waals surface area contributed by atoms with Crippen molar-refractivity contribution >= 4 is 11.9 Å². The fourth-order valence-electron chi connectivity index (χ4n) is 2.26. The SMILES string of the molecule is CCC1(c2ccccc2F)NC(=NC(C)C)NC1=O. The van der Waals surface area contributed by atoms with Crippen molar-refractivity contribution in [2.24, 2.45) is 4.99 Å². The minimum Gasteiger partial charge on any atom is -0.338 e. The monoisotopic (exact) mass is 263 g/mol. The third-order valence-corrected chi connectivity index (χ3v) is 3.20. The largest absolute Gasteiger partial charge is 0.338 e. The first-order valence-electron chi connectivity index (χ1n) is 6.42. The molecule has 1 saturated heterocycles. The van der Waals surface area contributed by atoms with Crippen LogP contribution >= 0.6 is 0 Å². The van der Waals surface area contributed by atoms with Crippen LogP contribution in [0.1, 0.15) is 32.8 Å². The Morgan fingerprint density at radius 2 is 2.05 bits per heavy atom. The Kier molecular flexibility index (Phi) is 3.55. The van der Waals surface area contributed by atoms with Gasteiger partial charge in [-0.3, -0.25) is 15.1 Å². The summed E-state index contributed by atoms with van der Waals surface area (Å²) >= 11 is 0. The third kappa shape index (κ3) is 2.32. The first kappa shape index (κ1) is 13.5. The second kappa shape index (κ2) is 4.99. The molecule has 19 heavy (non-hydrogen) atoms. The quantitative estimate of drug-likeness (QED) is 0.875. The highest BCUT2D eigenvalue weighted by molar-refractivity contribution is 6.09. The van der Waals surface area contributed by atoms with Crippen LogP contribution in [0.2, 0.25) is 0 Å². The van der Waals surface area contributed by atoms with E-state index in [4.69, 9.17) is 0 Å². The van der Waals surface area contributed by atoms with Gasteiger partial charge in [-0.15, -0.1) is 0 Å². The Balaban J connectivity index is 2.45. The van der Waals surface area contributed by atoms with Crippen molar-refractivity contribution in [3.05, 3.63) is 35.6 Å². The zero-order chi connectivity index (χ0) is 14.0. The fraction of sp³-hybridized carbons (Fsp3) is 0.429. The van der Waals surface area contributed by atoms with E-state index in [1.165, 1.54) is 6.07 Å². The molecule has 1 heterocycles. The van der Waals surface area contributed by atoms with E-state index in [0.717, 1.165) is 0 Å². The van der Waals surface area contributed by atoms with Crippen molar-refractivity contribution in [3.8, 4) is 0 Å². The van der Waals surface area contributed by atoms with Gasteiger partial charge in [0.25, 0.3) is 5.91 Å². The highest BCUT2D eigenvalue weighted by Crippen LogP contribution is 2.30. The normalized spacial score (nSPS) is 24.7. The standard InChI is InChI=1S/C14H18FN3O/c1-4-14(10-7-5-6-8-11(10)15)12(19)17-13(18-14)16-9(2)3/h5-9H,4H2,1-3H3,(H2,16,17,18,19). The zero-order valence-corrected chi connectivity index (χ0v) is 11.3. The summed E-state index contributed by atoms with van der Waals surface area (Å²) in [7, 11) is 0. The smallest absolute Gasteiger partial charge is 0.257 e. The van der Waals surface area contributed by atoms with Gasteiger partial charge in [-0.2, -0.15) is 0 Å². The second-order valence-electron chi connectivity index (χ2n) is 4.89. The van der Waals surface area contributed by atoms with Crippen molar-refractivity contribution in [3.63, 3.8) is 0 Å². The van der Waals surface area contributed by atoms with Gasteiger partial charge in [-0.1, -0.05) is 25.1 Å². The molecule has 2 rings (SSSR count). The Morgan fingerprint density at radius 1 is 1.37 bits per heavy atom. The molecule has 1 aromatic rings. The lowest BCUT2D eigenvalue weighted by molar-refractivity contribution is -0.124. The van der Waals surface area contributed by atoms with E-state index in [1.54, 1.807) is 18.2 Å². The first-order chi connectivity index (χ1) is 8.99. The lowest BCUT2D eigenvalue weighted by atomic mass is 9.87. The molecule has 0 spiro atoms. The average molecular weight is 263 g/mol. The van der Waals surface area contributed by atoms with E-state index in [9.17, 15) is 9.18 Å². The van der Waals surface area contributed by atoms with Gasteiger partial charge in [0, 0.05) is 11.6 Å². The summed E-state index contributed by atoms with van der Waals surface area (Å²) in [5, 5.41) is 5.73. The molecule has 0 aliphatic carbocycles. The number of guanidine groups is 1. The summed E-state index contributed by atoms with van der Waals surface area (Å²) in [6.45, 7) is 5.67. The number of amides is 1. The van der Waals surface area contributed by atoms with Crippen LogP contribution in [-0.4, -0.2) is 17.9 Å². The number of hydrogen-bond donors (Lipinski definition) is 2. The van der Waals surface area contributed by atoms with Gasteiger partial charge >= 0.3 is 0 Å². The Morgan fingerprint density at radius 3 is 2.63 bits per heavy atom. The number of carbonyl (C=O) groups is 1. The van der Waals surface area contributed by atoms with Gasteiger partial charge in [0.05, 0.1) is 0 Å². The van der Waals surface area contributed by atoms with Crippen LogP contribution in [-0.2, 0) is 10.3 Å². The van der Waals surface area contributed by atoms with E-state index in [0.29, 0.717) is 17.9 Å². The van der Waals surface area contributed by atoms with Crippen molar-refractivity contribution < 1.29 is 9.18 Å². The van der Waals surface area contributed by atoms with Crippen LogP contribution < -0.4 is 10.6 Å². The third-order valence-electron chi connectivity index (χ3n) is 3.20. The zero-order valence-electron chi connectivity index (χ0n) is 11.3. The van der Waals surface area contributed by atoms with Crippen LogP contribution in [0, 0.1) is 5.82 Å². The van der Waals surface area contributed by atoms with Gasteiger partial charge in [-0.25, -0.2) is 4.39 Å². The predicted octanol–water partition coefficient (Wildman–Crippen LogP) is 1.91. The number of hydrogen-bond acceptors (Lipinski definition) is 2. The van der Waals surface area contributed by atoms with Crippen LogP contribution in [0.5, 0.6) is 0 Å². The van der Waals surface area contributed by atoms with Gasteiger partial charge < -0.3 is 5.32 Å². The van der Waals surface area contributed by atoms with Crippen molar-refractivity contribution in [1.82, 2.24) is 10.6 Å². The molecule has 5 heteroatoms. The van der Waals surface area contributed by atoms with E-state index in [-0.39, 0.29) is 11.9 Å². The predicted molar refractivity (Wildman–Crippen MR) is 72.2 cm³/mol. The van der Waals surface area contributed by atoms with Crippen LogP contribution in [0.3, 0.4) is 0 Å². The van der Waals surface area contributed by atoms with Crippen molar-refractivity contribution in [2.45, 2.75) is 38.8 Å². The molecule has 102 valence electrons. The summed E-state index contributed by atoms with van der Waals surface area (Å²) in [6.07, 6.45) is 0.441. The summed E-state index contributed by atoms with van der Waals surface area (Å²) < 4.78 is 14.0. The van der Waals surface area contributed by atoms with Gasteiger partial charge in [-0.05, 0) is 26.3 Å². The fourth-order valence-corrected chi connectivity index (χ4v) is 2.26. The van der Waals surface area contributed by atoms with E-state index in [1.807, 2.05) is 20.8 Å². The molecule has 1 atom stereocenters. The molecule has 1 amide bonds. The molecule has 1 unspecified atom stereocenters. The van der Waals surface area contributed by atoms with E-state index < -0.39 is 11.4 Å². The van der Waals surface area contributed by atoms with Crippen LogP contribution in [0.4, 0.5) is 4.39 Å². The van der Waals surface area contributed by atoms with Crippen LogP contribution in [0.15, 0.2) is 29.3 Å². The molecule has 0 radical (unpaired) electrons. The Bertz CT molecular complexity index is 527. The average Bonchev–Trinajstić information content (AvgIpc) is 2.66. The molecular formula is C14H18FN3O. The van der Waals surface area contributed by atoms with Gasteiger partial charge in [0.15, 0.2) is 5.96 Å². The van der Waals surface area contributed by atoms with Gasteiger partial charge in [0.1, 0.15) is 11.4 Å². The molecule has 1 aliphatic rings. The second-order valence-corrected chi connectivity index (χ2v) is 4.89. The first-order valence-corrected chi connectivity index (χ1v) is 6.42. The lowest BCUT2D eigenvalue weighted by Gasteiger charge is -2.25. The van der Waals surface area contributed by atoms with Crippen LogP contribution in [0.25, 0.3) is 0 Å². The number of rotatable bonds is 3. The Hall–Kier alpha value is -1.91. The minimum atomic E-state index is -1.07. The molecular weight excluding hydrogens is 245 g/mol. The maximum atomic E-state index is 14.0. The molecule has 2 N–H and O–H groups in total. The molecule has 0 saturated carbocycles. The topological polar surface area (TPSA) is 53.5 Å². The number of benzene rings is 1. The summed E-state index contributed by atoms with van der Waals surface area (Å²) in [4.78, 5) is 16.5. The molecule has 0 aromatic heterocycles. The van der Waals surface area contributed by atoms with Gasteiger partial charge in [0.2, 0.25) is 0 Å². The van der Waals surface area contributed by atoms with E-state index in [2.05, 4.69) is 15.6 Å². The number of nitrogens with zero attached hydrogens (tertiary/aromatic N) is 1. The maximum Gasteiger partial charge on any atom is 0.257 e. The molecule has 1 fully saturated rings. The molecule has 4 nitrogen and oxygen atoms in total. The van der Waals surface area contributed by atoms with Crippen molar-refractivity contribution in [2.75, 3.05) is 0 Å². The maximum absolute atomic E-state index is 14.0. The highest BCUT2D eigenvalue weighted by atomic mass is 19.1. The number of nitrogens with one attached hydrogen (secondary N) is 2. The lowest BCUT2D eigenvalue weighted by Crippen LogP contribution is -2.44. The summed E-state index contributed by atoms with van der Waals surface area (Å²) in [5.74, 6) is -0.248. The number of halogens is 1. The highest BCUT2D eigenvalue weighted by Gasteiger charge is 2.46. The van der Waals surface area contributed by atoms with Crippen molar-refractivity contribution in [1.29, 1.82) is 0 Å². The summed E-state index contributed by atoms with van der Waals surface area (Å²) in [6, 6.07) is 6.37. The molecule has 1 aliphatic heterocycles. The molecule has 1 aromatic carbocycles. The number of carbonyl (C=O) groups excluding carboxylic acids is 1. The Labute approximate surface area is 112 Å².